The highest BCUT2D eigenvalue weighted by molar-refractivity contribution is 5.87. The van der Waals surface area contributed by atoms with Gasteiger partial charge in [0.25, 0.3) is 5.91 Å². The van der Waals surface area contributed by atoms with E-state index in [0.29, 0.717) is 30.0 Å². The van der Waals surface area contributed by atoms with Gasteiger partial charge in [0.15, 0.2) is 12.9 Å². The Balaban J connectivity index is 1.66. The highest BCUT2D eigenvalue weighted by Crippen LogP contribution is 2.25. The van der Waals surface area contributed by atoms with E-state index in [1.54, 1.807) is 18.2 Å². The lowest BCUT2D eigenvalue weighted by atomic mass is 10.00. The lowest BCUT2D eigenvalue weighted by molar-refractivity contribution is -0.123. The van der Waals surface area contributed by atoms with Crippen molar-refractivity contribution in [3.8, 4) is 11.5 Å². The summed E-state index contributed by atoms with van der Waals surface area (Å²) in [6.07, 6.45) is 1.58. The van der Waals surface area contributed by atoms with E-state index < -0.39 is 0 Å². The Bertz CT molecular complexity index is 994. The Morgan fingerprint density at radius 2 is 1.86 bits per heavy atom. The first-order chi connectivity index (χ1) is 14.1. The molecule has 1 atom stereocenters. The summed E-state index contributed by atoms with van der Waals surface area (Å²) < 4.78 is 11.2. The van der Waals surface area contributed by atoms with Crippen molar-refractivity contribution in [1.82, 2.24) is 5.32 Å². The Hall–Kier alpha value is -3.34. The van der Waals surface area contributed by atoms with Crippen LogP contribution >= 0.6 is 0 Å². The normalized spacial score (nSPS) is 11.7. The molecule has 1 amide bonds. The molecule has 1 N–H and O–H groups in total. The third-order valence-electron chi connectivity index (χ3n) is 4.61. The summed E-state index contributed by atoms with van der Waals surface area (Å²) in [6, 6.07) is 18.9. The molecule has 0 fully saturated rings. The maximum absolute atomic E-state index is 12.4. The van der Waals surface area contributed by atoms with Gasteiger partial charge in [-0.3, -0.25) is 9.59 Å². The average molecular weight is 391 g/mol. The second-order valence-corrected chi connectivity index (χ2v) is 6.81. The predicted octanol–water partition coefficient (Wildman–Crippen LogP) is 4.70. The second kappa shape index (κ2) is 9.73. The van der Waals surface area contributed by atoms with E-state index in [0.717, 1.165) is 22.8 Å². The molecule has 0 aliphatic carbocycles. The summed E-state index contributed by atoms with van der Waals surface area (Å²) in [6.45, 7) is 4.34. The number of carbonyl (C=O) groups excluding carboxylic acids is 2. The summed E-state index contributed by atoms with van der Waals surface area (Å²) >= 11 is 0. The van der Waals surface area contributed by atoms with Crippen LogP contribution in [0.15, 0.2) is 60.7 Å². The van der Waals surface area contributed by atoms with Crippen molar-refractivity contribution < 1.29 is 19.1 Å². The fourth-order valence-corrected chi connectivity index (χ4v) is 3.18. The van der Waals surface area contributed by atoms with Crippen molar-refractivity contribution in [3.63, 3.8) is 0 Å². The number of amides is 1. The summed E-state index contributed by atoms with van der Waals surface area (Å²) in [5.74, 6) is 0.681. The van der Waals surface area contributed by atoms with E-state index in [4.69, 9.17) is 9.47 Å². The molecule has 0 spiro atoms. The zero-order chi connectivity index (χ0) is 20.6. The van der Waals surface area contributed by atoms with E-state index in [2.05, 4.69) is 5.32 Å². The molecule has 29 heavy (non-hydrogen) atoms. The molecule has 3 aromatic rings. The minimum Gasteiger partial charge on any atom is -0.493 e. The van der Waals surface area contributed by atoms with Crippen LogP contribution in [0, 0.1) is 0 Å². The molecule has 0 unspecified atom stereocenters. The van der Waals surface area contributed by atoms with Gasteiger partial charge in [-0.15, -0.1) is 0 Å². The van der Waals surface area contributed by atoms with E-state index in [1.807, 2.05) is 56.3 Å². The van der Waals surface area contributed by atoms with Crippen LogP contribution < -0.4 is 14.8 Å². The van der Waals surface area contributed by atoms with Crippen LogP contribution in [0.25, 0.3) is 10.8 Å². The number of ether oxygens (including phenoxy) is 2. The molecule has 0 aliphatic rings. The van der Waals surface area contributed by atoms with Crippen LogP contribution in [-0.4, -0.2) is 25.4 Å². The Labute approximate surface area is 170 Å². The van der Waals surface area contributed by atoms with Gasteiger partial charge in [-0.25, -0.2) is 0 Å². The van der Waals surface area contributed by atoms with Gasteiger partial charge < -0.3 is 14.8 Å². The van der Waals surface area contributed by atoms with E-state index in [9.17, 15) is 9.59 Å². The fourth-order valence-electron chi connectivity index (χ4n) is 3.18. The number of hydrogen-bond acceptors (Lipinski definition) is 4. The van der Waals surface area contributed by atoms with Crippen LogP contribution in [0.4, 0.5) is 0 Å². The number of carbonyl (C=O) groups is 2. The van der Waals surface area contributed by atoms with E-state index in [-0.39, 0.29) is 18.6 Å². The lowest BCUT2D eigenvalue weighted by Crippen LogP contribution is -2.31. The zero-order valence-electron chi connectivity index (χ0n) is 16.7. The summed E-state index contributed by atoms with van der Waals surface area (Å²) in [4.78, 5) is 23.7. The van der Waals surface area contributed by atoms with Gasteiger partial charge in [-0.2, -0.15) is 0 Å². The smallest absolute Gasteiger partial charge is 0.258 e. The van der Waals surface area contributed by atoms with Crippen molar-refractivity contribution >= 4 is 23.0 Å². The number of benzene rings is 3. The van der Waals surface area contributed by atoms with Gasteiger partial charge in [-0.1, -0.05) is 49.4 Å². The molecular formula is C24H25NO4. The molecule has 3 aromatic carbocycles. The molecule has 0 heterocycles. The molecule has 0 bridgehead atoms. The minimum absolute atomic E-state index is 0.179. The largest absolute Gasteiger partial charge is 0.493 e. The first kappa shape index (κ1) is 20.4. The van der Waals surface area contributed by atoms with Gasteiger partial charge in [0.2, 0.25) is 0 Å². The molecule has 0 radical (unpaired) electrons. The maximum Gasteiger partial charge on any atom is 0.258 e. The van der Waals surface area contributed by atoms with Crippen LogP contribution in [0.1, 0.15) is 42.2 Å². The third kappa shape index (κ3) is 5.13. The number of hydrogen-bond donors (Lipinski definition) is 1. The molecule has 0 aromatic heterocycles. The third-order valence-corrected chi connectivity index (χ3v) is 4.61. The average Bonchev–Trinajstić information content (AvgIpc) is 2.75. The van der Waals surface area contributed by atoms with Gasteiger partial charge in [0.1, 0.15) is 11.5 Å². The monoisotopic (exact) mass is 391 g/mol. The minimum atomic E-state index is -0.262. The number of fused-ring (bicyclic) bond motifs is 1. The predicted molar refractivity (Wildman–Crippen MR) is 114 cm³/mol. The quantitative estimate of drug-likeness (QED) is 0.537. The molecular weight excluding hydrogens is 366 g/mol. The SMILES string of the molecule is CCCOc1ccc(C=O)c(OCC(=O)N[C@H](C)c2cccc3ccccc23)c1. The fraction of sp³-hybridized carbons (Fsp3) is 0.250. The highest BCUT2D eigenvalue weighted by Gasteiger charge is 2.14. The van der Waals surface area contributed by atoms with Crippen molar-refractivity contribution in [2.24, 2.45) is 0 Å². The van der Waals surface area contributed by atoms with Gasteiger partial charge in [0, 0.05) is 6.07 Å². The van der Waals surface area contributed by atoms with Crippen molar-refractivity contribution in [2.45, 2.75) is 26.3 Å². The summed E-state index contributed by atoms with van der Waals surface area (Å²) in [7, 11) is 0. The van der Waals surface area contributed by atoms with E-state index >= 15 is 0 Å². The topological polar surface area (TPSA) is 64.6 Å². The molecule has 5 heteroatoms. The lowest BCUT2D eigenvalue weighted by Gasteiger charge is -2.17. The van der Waals surface area contributed by atoms with Crippen molar-refractivity contribution in [1.29, 1.82) is 0 Å². The Kier molecular flexibility index (Phi) is 6.85. The zero-order valence-corrected chi connectivity index (χ0v) is 16.7. The first-order valence-electron chi connectivity index (χ1n) is 9.74. The van der Waals surface area contributed by atoms with Crippen LogP contribution in [0.2, 0.25) is 0 Å². The number of nitrogens with one attached hydrogen (secondary N) is 1. The highest BCUT2D eigenvalue weighted by atomic mass is 16.5. The van der Waals surface area contributed by atoms with E-state index in [1.165, 1.54) is 0 Å². The van der Waals surface area contributed by atoms with Crippen molar-refractivity contribution in [3.05, 3.63) is 71.8 Å². The molecule has 0 aliphatic heterocycles. The van der Waals surface area contributed by atoms with Gasteiger partial charge in [0.05, 0.1) is 18.2 Å². The standard InChI is InChI=1S/C24H25NO4/c1-3-13-28-20-12-11-19(15-26)23(14-20)29-16-24(27)25-17(2)21-10-6-8-18-7-4-5-9-22(18)21/h4-12,14-15,17H,3,13,16H2,1-2H3,(H,25,27)/t17-/m1/s1. The summed E-state index contributed by atoms with van der Waals surface area (Å²) in [5.41, 5.74) is 1.42. The van der Waals surface area contributed by atoms with Crippen LogP contribution in [0.5, 0.6) is 11.5 Å². The summed E-state index contributed by atoms with van der Waals surface area (Å²) in [5, 5.41) is 5.19. The van der Waals surface area contributed by atoms with Crippen LogP contribution in [0.3, 0.4) is 0 Å². The first-order valence-corrected chi connectivity index (χ1v) is 9.74. The van der Waals surface area contributed by atoms with Gasteiger partial charge in [-0.05, 0) is 41.8 Å². The Morgan fingerprint density at radius 1 is 1.07 bits per heavy atom. The maximum atomic E-state index is 12.4. The molecule has 0 saturated carbocycles. The molecule has 0 saturated heterocycles. The Morgan fingerprint density at radius 3 is 2.66 bits per heavy atom. The second-order valence-electron chi connectivity index (χ2n) is 6.81. The molecule has 5 nitrogen and oxygen atoms in total. The van der Waals surface area contributed by atoms with Crippen LogP contribution in [-0.2, 0) is 4.79 Å². The van der Waals surface area contributed by atoms with Gasteiger partial charge >= 0.3 is 0 Å². The number of aldehydes is 1. The molecule has 3 rings (SSSR count). The molecule has 150 valence electrons. The number of rotatable bonds is 9. The van der Waals surface area contributed by atoms with Crippen molar-refractivity contribution in [2.75, 3.05) is 13.2 Å².